The highest BCUT2D eigenvalue weighted by molar-refractivity contribution is 6.06. The molecule has 22 heteroatoms. The third-order valence-electron chi connectivity index (χ3n) is 15.9. The fourth-order valence-electron chi connectivity index (χ4n) is 11.5. The van der Waals surface area contributed by atoms with Gasteiger partial charge in [-0.05, 0) is 79.8 Å². The van der Waals surface area contributed by atoms with Crippen molar-refractivity contribution in [2.45, 2.75) is 108 Å². The topological polar surface area (TPSA) is 249 Å². The van der Waals surface area contributed by atoms with Gasteiger partial charge in [-0.3, -0.25) is 19.4 Å². The lowest BCUT2D eigenvalue weighted by Gasteiger charge is -2.30. The van der Waals surface area contributed by atoms with Gasteiger partial charge < -0.3 is 44.9 Å². The summed E-state index contributed by atoms with van der Waals surface area (Å²) in [6.45, 7) is 8.90. The number of aryl methyl sites for hydroxylation is 1. The van der Waals surface area contributed by atoms with Gasteiger partial charge in [0, 0.05) is 97.7 Å². The number of likely N-dealkylation sites (tertiary alicyclic amines) is 1. The second-order valence-corrected chi connectivity index (χ2v) is 21.9. The zero-order valence-electron chi connectivity index (χ0n) is 45.4. The van der Waals surface area contributed by atoms with Gasteiger partial charge in [-0.2, -0.15) is 20.2 Å². The Bertz CT molecular complexity index is 3730. The number of pyridine rings is 1. The van der Waals surface area contributed by atoms with Gasteiger partial charge in [-0.1, -0.05) is 55.2 Å². The molecule has 3 aliphatic heterocycles. The third-order valence-corrected chi connectivity index (χ3v) is 15.9. The van der Waals surface area contributed by atoms with Gasteiger partial charge in [-0.25, -0.2) is 14.1 Å². The molecule has 8 heterocycles. The first kappa shape index (κ1) is 52.6. The van der Waals surface area contributed by atoms with Crippen molar-refractivity contribution in [2.75, 3.05) is 44.9 Å². The molecule has 0 spiro atoms. The summed E-state index contributed by atoms with van der Waals surface area (Å²) in [6, 6.07) is 11.0. The van der Waals surface area contributed by atoms with E-state index in [1.165, 1.54) is 15.6 Å². The molecule has 5 aromatic heterocycles. The zero-order valence-corrected chi connectivity index (χ0v) is 45.4. The van der Waals surface area contributed by atoms with Gasteiger partial charge in [0.15, 0.2) is 11.4 Å². The number of aromatic amines is 1. The molecule has 2 bridgehead atoms. The first-order chi connectivity index (χ1) is 38.7. The standard InChI is InChI=1S/C58H63FN14O7/c1-30(2)52(57(77)72-24-40(75)18-48(72)56(76)63-37(27-74)14-13-35-15-16-60-54-44(35)25-70(5)68-54)73-26-47(67-69-73)36-9-7-33(8-10-36)29-79-53-50(49-32(4)45(59)20-46-43(49)22-62-66-46)41(34-11-12-34)19-42-51(53)64-58(80-28-31(3)78-6)65-55(42)71-23-38-17-39(71)21-61-38/h7-10,15-16,19-20,22,25-26,30-31,34,37-40,48,52,61,74-75H,11-12,17-18,21,23-24,27-29H2,1-6H3,(H,62,66)(H,63,76)/t31-,37+,38-,39-,40+,48-,52-/m0/s1. The van der Waals surface area contributed by atoms with Crippen molar-refractivity contribution in [2.24, 2.45) is 13.0 Å². The Morgan fingerprint density at radius 2 is 1.82 bits per heavy atom. The molecule has 21 nitrogen and oxygen atoms in total. The van der Waals surface area contributed by atoms with Crippen LogP contribution in [-0.4, -0.2) is 153 Å². The lowest BCUT2D eigenvalue weighted by molar-refractivity contribution is -0.142. The molecular formula is C58H63FN14O7. The Hall–Kier alpha value is -8.10. The second kappa shape index (κ2) is 21.5. The molecule has 7 atom stereocenters. The first-order valence-electron chi connectivity index (χ1n) is 27.2. The fraction of sp³-hybridized carbons (Fsp3) is 0.431. The number of ether oxygens (including phenoxy) is 3. The van der Waals surface area contributed by atoms with E-state index in [0.717, 1.165) is 76.6 Å². The second-order valence-electron chi connectivity index (χ2n) is 21.9. The van der Waals surface area contributed by atoms with Gasteiger partial charge in [-0.15, -0.1) is 5.10 Å². The highest BCUT2D eigenvalue weighted by Gasteiger charge is 2.44. The van der Waals surface area contributed by atoms with Gasteiger partial charge in [0.05, 0.1) is 42.1 Å². The van der Waals surface area contributed by atoms with Crippen molar-refractivity contribution in [3.63, 3.8) is 0 Å². The molecule has 0 unspecified atom stereocenters. The van der Waals surface area contributed by atoms with Crippen LogP contribution in [-0.2, 0) is 28.0 Å². The van der Waals surface area contributed by atoms with E-state index in [4.69, 9.17) is 24.2 Å². The Kier molecular flexibility index (Phi) is 14.1. The molecule has 12 rings (SSSR count). The number of carbonyl (C=O) groups is 2. The molecular weight excluding hydrogens is 1020 g/mol. The quantitative estimate of drug-likeness (QED) is 0.0729. The van der Waals surface area contributed by atoms with Gasteiger partial charge in [0.2, 0.25) is 11.8 Å². The summed E-state index contributed by atoms with van der Waals surface area (Å²) in [7, 11) is 3.41. The van der Waals surface area contributed by atoms with Crippen LogP contribution in [0.25, 0.3) is 55.2 Å². The Morgan fingerprint density at radius 1 is 1.00 bits per heavy atom. The number of hydrogen-bond donors (Lipinski definition) is 5. The lowest BCUT2D eigenvalue weighted by atomic mass is 9.88. The number of aliphatic hydroxyl groups is 2. The molecule has 3 aromatic carbocycles. The summed E-state index contributed by atoms with van der Waals surface area (Å²) in [4.78, 5) is 46.7. The number of aromatic nitrogens is 10. The molecule has 5 N–H and O–H groups in total. The number of hydrogen-bond acceptors (Lipinski definition) is 16. The lowest BCUT2D eigenvalue weighted by Crippen LogP contribution is -2.51. The monoisotopic (exact) mass is 1090 g/mol. The third kappa shape index (κ3) is 10.0. The van der Waals surface area contributed by atoms with Crippen molar-refractivity contribution in [3.8, 4) is 46.0 Å². The van der Waals surface area contributed by atoms with Crippen LogP contribution in [0.5, 0.6) is 11.8 Å². The van der Waals surface area contributed by atoms with E-state index in [9.17, 15) is 19.8 Å². The van der Waals surface area contributed by atoms with Crippen LogP contribution in [0.2, 0.25) is 0 Å². The molecule has 1 aliphatic carbocycles. The van der Waals surface area contributed by atoms with Crippen molar-refractivity contribution in [1.29, 1.82) is 0 Å². The minimum atomic E-state index is -1.03. The number of nitrogens with one attached hydrogen (secondary N) is 3. The van der Waals surface area contributed by atoms with E-state index >= 15 is 4.39 Å². The number of aliphatic hydroxyl groups excluding tert-OH is 2. The van der Waals surface area contributed by atoms with E-state index in [0.29, 0.717) is 50.9 Å². The van der Waals surface area contributed by atoms with E-state index in [-0.39, 0.29) is 62.0 Å². The van der Waals surface area contributed by atoms with E-state index < -0.39 is 42.7 Å². The molecule has 1 saturated carbocycles. The normalized spacial score (nSPS) is 20.0. The van der Waals surface area contributed by atoms with Crippen LogP contribution in [0.1, 0.15) is 80.7 Å². The largest absolute Gasteiger partial charge is 0.486 e. The number of rotatable bonds is 17. The van der Waals surface area contributed by atoms with Crippen molar-refractivity contribution in [3.05, 3.63) is 95.3 Å². The predicted octanol–water partition coefficient (Wildman–Crippen LogP) is 5.27. The van der Waals surface area contributed by atoms with Crippen LogP contribution in [0, 0.1) is 30.5 Å². The van der Waals surface area contributed by atoms with Crippen LogP contribution >= 0.6 is 0 Å². The molecule has 2 amide bonds. The average molecular weight is 1090 g/mol. The van der Waals surface area contributed by atoms with Crippen LogP contribution < -0.4 is 25.0 Å². The number of anilines is 1. The molecule has 8 aromatic rings. The molecule has 3 saturated heterocycles. The molecule has 80 heavy (non-hydrogen) atoms. The summed E-state index contributed by atoms with van der Waals surface area (Å²) < 4.78 is 38.2. The fourth-order valence-corrected chi connectivity index (χ4v) is 11.5. The van der Waals surface area contributed by atoms with Crippen LogP contribution in [0.15, 0.2) is 67.3 Å². The highest BCUT2D eigenvalue weighted by atomic mass is 19.1. The van der Waals surface area contributed by atoms with Crippen molar-refractivity contribution < 1.29 is 38.4 Å². The predicted molar refractivity (Wildman–Crippen MR) is 295 cm³/mol. The SMILES string of the molecule is CO[C@@H](C)COc1nc(N2C[C@@H]3C[C@H]2CN3)c2cc(C3CC3)c(-c3c(C)c(F)cc4[nH]ncc34)c(OCc3ccc(-c4cn([C@H](C(=O)N5C[C@H](O)C[C@H]5C(=O)N[C@H](C#Cc5ccnc6nn(C)cc56)CO)C(C)C)nn4)cc3)c2n1. The maximum absolute atomic E-state index is 16.1. The number of carbonyl (C=O) groups excluding carboxylic acids is 2. The molecule has 414 valence electrons. The highest BCUT2D eigenvalue weighted by Crippen LogP contribution is 2.53. The van der Waals surface area contributed by atoms with Crippen molar-refractivity contribution >= 4 is 50.5 Å². The van der Waals surface area contributed by atoms with E-state index in [1.54, 1.807) is 56.6 Å². The molecule has 4 aliphatic rings. The van der Waals surface area contributed by atoms with Crippen LogP contribution in [0.3, 0.4) is 0 Å². The Balaban J connectivity index is 0.826. The number of H-pyrrole nitrogens is 1. The van der Waals surface area contributed by atoms with Gasteiger partial charge in [0.1, 0.15) is 54.2 Å². The summed E-state index contributed by atoms with van der Waals surface area (Å²) >= 11 is 0. The number of nitrogens with zero attached hydrogens (tertiary/aromatic N) is 11. The summed E-state index contributed by atoms with van der Waals surface area (Å²) in [5.41, 5.74) is 7.30. The Labute approximate surface area is 460 Å². The van der Waals surface area contributed by atoms with Gasteiger partial charge >= 0.3 is 6.01 Å². The van der Waals surface area contributed by atoms with Crippen LogP contribution in [0.4, 0.5) is 10.2 Å². The number of piperazine rings is 1. The number of amides is 2. The van der Waals surface area contributed by atoms with E-state index in [1.807, 2.05) is 45.0 Å². The summed E-state index contributed by atoms with van der Waals surface area (Å²) in [5.74, 6) is 5.82. The molecule has 4 fully saturated rings. The first-order valence-corrected chi connectivity index (χ1v) is 27.2. The van der Waals surface area contributed by atoms with E-state index in [2.05, 4.69) is 64.0 Å². The maximum atomic E-state index is 16.1. The average Bonchev–Trinajstić information content (AvgIpc) is 4.20. The zero-order chi connectivity index (χ0) is 55.5. The summed E-state index contributed by atoms with van der Waals surface area (Å²) in [5, 5.41) is 50.4. The smallest absolute Gasteiger partial charge is 0.319 e. The number of fused-ring (bicyclic) bond motifs is 5. The minimum Gasteiger partial charge on any atom is -0.486 e. The Morgan fingerprint density at radius 3 is 2.56 bits per heavy atom. The van der Waals surface area contributed by atoms with Gasteiger partial charge in [0.25, 0.3) is 0 Å². The number of halogens is 1. The number of benzene rings is 3. The molecule has 0 radical (unpaired) electrons. The number of methoxy groups -OCH3 is 1. The maximum Gasteiger partial charge on any atom is 0.319 e. The minimum absolute atomic E-state index is 0.00522. The van der Waals surface area contributed by atoms with Crippen molar-refractivity contribution in [1.82, 2.24) is 65.5 Å². The number of β-amino-alcohol motifs (C(OH)–C–C–N with tert-alkyl or cyclic N) is 1. The summed E-state index contributed by atoms with van der Waals surface area (Å²) in [6.07, 6.45) is 8.60.